The molecule has 7 nitrogen and oxygen atoms in total. The van der Waals surface area contributed by atoms with Gasteiger partial charge in [-0.25, -0.2) is 0 Å². The third kappa shape index (κ3) is 1.44. The zero-order valence-corrected chi connectivity index (χ0v) is 13.8. The van der Waals surface area contributed by atoms with Crippen molar-refractivity contribution in [2.75, 3.05) is 0 Å². The third-order valence-electron chi connectivity index (χ3n) is 6.09. The van der Waals surface area contributed by atoms with Gasteiger partial charge in [-0.15, -0.1) is 0 Å². The van der Waals surface area contributed by atoms with E-state index >= 15 is 0 Å². The van der Waals surface area contributed by atoms with Crippen LogP contribution in [-0.2, 0) is 21.0 Å². The van der Waals surface area contributed by atoms with Gasteiger partial charge >= 0.3 is 0 Å². The fourth-order valence-electron chi connectivity index (χ4n) is 4.95. The number of phenolic OH excluding ortho intramolecular Hbond substituents is 1. The van der Waals surface area contributed by atoms with Crippen LogP contribution in [0.2, 0.25) is 0 Å². The minimum Gasteiger partial charge on any atom is -0.508 e. The van der Waals surface area contributed by atoms with Crippen molar-refractivity contribution < 1.29 is 34.3 Å². The van der Waals surface area contributed by atoms with Gasteiger partial charge < -0.3 is 29.5 Å². The normalized spacial score (nSPS) is 40.8. The summed E-state index contributed by atoms with van der Waals surface area (Å²) < 4.78 is 24.8. The molecule has 2 bridgehead atoms. The maximum Gasteiger partial charge on any atom is 0.274 e. The van der Waals surface area contributed by atoms with Crippen molar-refractivity contribution in [3.05, 3.63) is 64.7 Å². The number of phenols is 1. The second-order valence-electron chi connectivity index (χ2n) is 7.50. The van der Waals surface area contributed by atoms with Crippen LogP contribution in [0.5, 0.6) is 17.2 Å². The molecule has 0 aromatic heterocycles. The number of aliphatic hydroxyl groups excluding tert-OH is 2. The molecule has 0 amide bonds. The summed E-state index contributed by atoms with van der Waals surface area (Å²) in [4.78, 5) is 0. The largest absolute Gasteiger partial charge is 0.508 e. The zero-order chi connectivity index (χ0) is 18.1. The first-order valence-corrected chi connectivity index (χ1v) is 8.83. The van der Waals surface area contributed by atoms with Crippen LogP contribution in [0, 0.1) is 0 Å². The van der Waals surface area contributed by atoms with Crippen molar-refractivity contribution in [3.63, 3.8) is 0 Å². The number of fused-ring (bicyclic) bond motifs is 1. The van der Waals surface area contributed by atoms with Crippen molar-refractivity contribution in [2.24, 2.45) is 0 Å². The van der Waals surface area contributed by atoms with E-state index in [0.717, 1.165) is 0 Å². The van der Waals surface area contributed by atoms with Gasteiger partial charge in [-0.3, -0.25) is 4.74 Å². The van der Waals surface area contributed by atoms with Gasteiger partial charge in [0.1, 0.15) is 29.5 Å². The molecule has 6 atom stereocenters. The summed E-state index contributed by atoms with van der Waals surface area (Å²) in [6.07, 6.45) is 0.476. The summed E-state index contributed by atoms with van der Waals surface area (Å²) >= 11 is 0. The van der Waals surface area contributed by atoms with Crippen molar-refractivity contribution in [3.8, 4) is 17.2 Å². The SMILES string of the molecule is Oc1ccc2c3c1[C@@H](O)C1OC1[C@]31Oc3cccc4c3[C@](C=C[C@@H]4O)(O2)O1. The van der Waals surface area contributed by atoms with E-state index in [1.54, 1.807) is 30.4 Å². The molecule has 2 spiro atoms. The Morgan fingerprint density at radius 1 is 0.963 bits per heavy atom. The summed E-state index contributed by atoms with van der Waals surface area (Å²) in [6, 6.07) is 8.53. The van der Waals surface area contributed by atoms with Crippen LogP contribution in [0.3, 0.4) is 0 Å². The monoisotopic (exact) mass is 366 g/mol. The number of epoxide rings is 1. The van der Waals surface area contributed by atoms with E-state index in [0.29, 0.717) is 33.8 Å². The molecule has 1 fully saturated rings. The molecule has 27 heavy (non-hydrogen) atoms. The van der Waals surface area contributed by atoms with Crippen LogP contribution in [-0.4, -0.2) is 27.5 Å². The lowest BCUT2D eigenvalue weighted by molar-refractivity contribution is -0.347. The molecule has 2 aromatic carbocycles. The standard InChI is InChI=1S/C20H14O7/c21-9-6-7-19-14-8(9)2-1-3-11(14)26-20(27-19)15-12(25-19)5-4-10(22)13(15)16(23)17-18(20)24-17/h1-7,9,16-18,21-23H/t9-,16+,17?,18?,19+,20-/m0/s1. The molecule has 3 N–H and O–H groups in total. The van der Waals surface area contributed by atoms with E-state index in [2.05, 4.69) is 0 Å². The molecule has 0 radical (unpaired) electrons. The van der Waals surface area contributed by atoms with Crippen LogP contribution in [0.1, 0.15) is 34.5 Å². The Kier molecular flexibility index (Phi) is 2.21. The van der Waals surface area contributed by atoms with Crippen molar-refractivity contribution in [1.29, 1.82) is 0 Å². The summed E-state index contributed by atoms with van der Waals surface area (Å²) in [7, 11) is 0. The molecule has 7 rings (SSSR count). The molecule has 5 aliphatic rings. The highest BCUT2D eigenvalue weighted by Crippen LogP contribution is 2.66. The Morgan fingerprint density at radius 2 is 1.81 bits per heavy atom. The smallest absolute Gasteiger partial charge is 0.274 e. The van der Waals surface area contributed by atoms with E-state index in [-0.39, 0.29) is 5.75 Å². The minimum absolute atomic E-state index is 0.0597. The number of ether oxygens (including phenoxy) is 4. The lowest BCUT2D eigenvalue weighted by Gasteiger charge is -2.53. The van der Waals surface area contributed by atoms with Crippen LogP contribution >= 0.6 is 0 Å². The Labute approximate surface area is 153 Å². The van der Waals surface area contributed by atoms with E-state index in [9.17, 15) is 15.3 Å². The Morgan fingerprint density at radius 3 is 2.70 bits per heavy atom. The highest BCUT2D eigenvalue weighted by atomic mass is 16.8. The highest BCUT2D eigenvalue weighted by molar-refractivity contribution is 5.61. The maximum absolute atomic E-state index is 10.6. The minimum atomic E-state index is -1.34. The van der Waals surface area contributed by atoms with E-state index in [1.807, 2.05) is 6.07 Å². The van der Waals surface area contributed by atoms with Gasteiger partial charge in [-0.2, -0.15) is 0 Å². The van der Waals surface area contributed by atoms with Gasteiger partial charge in [0.05, 0.1) is 17.2 Å². The highest BCUT2D eigenvalue weighted by Gasteiger charge is 2.74. The van der Waals surface area contributed by atoms with Crippen LogP contribution < -0.4 is 9.47 Å². The van der Waals surface area contributed by atoms with Gasteiger partial charge in [0.2, 0.25) is 0 Å². The molecular formula is C20H14O7. The van der Waals surface area contributed by atoms with E-state index < -0.39 is 36.0 Å². The Bertz CT molecular complexity index is 1080. The van der Waals surface area contributed by atoms with Crippen molar-refractivity contribution in [2.45, 2.75) is 36.0 Å². The molecule has 3 heterocycles. The van der Waals surface area contributed by atoms with Crippen LogP contribution in [0.4, 0.5) is 0 Å². The number of rotatable bonds is 0. The van der Waals surface area contributed by atoms with Gasteiger partial charge in [-0.05, 0) is 35.9 Å². The molecule has 7 heteroatoms. The molecule has 2 unspecified atom stereocenters. The average molecular weight is 366 g/mol. The first-order chi connectivity index (χ1) is 13.0. The topological polar surface area (TPSA) is 101 Å². The second-order valence-corrected chi connectivity index (χ2v) is 7.50. The number of hydrogen-bond donors (Lipinski definition) is 3. The average Bonchev–Trinajstić information content (AvgIpc) is 3.46. The first-order valence-electron chi connectivity index (χ1n) is 8.83. The molecule has 1 saturated heterocycles. The molecule has 3 aliphatic heterocycles. The lowest BCUT2D eigenvalue weighted by atomic mass is 9.79. The Balaban J connectivity index is 1.59. The lowest BCUT2D eigenvalue weighted by Crippen LogP contribution is -2.60. The third-order valence-corrected chi connectivity index (χ3v) is 6.09. The number of aliphatic hydroxyl groups is 2. The van der Waals surface area contributed by atoms with E-state index in [1.165, 1.54) is 6.07 Å². The Hall–Kier alpha value is -2.58. The summed E-state index contributed by atoms with van der Waals surface area (Å²) in [5.74, 6) is -1.71. The van der Waals surface area contributed by atoms with E-state index in [4.69, 9.17) is 18.9 Å². The molecule has 2 aliphatic carbocycles. The fourth-order valence-corrected chi connectivity index (χ4v) is 4.95. The maximum atomic E-state index is 10.6. The zero-order valence-electron chi connectivity index (χ0n) is 13.8. The molecular weight excluding hydrogens is 352 g/mol. The predicted molar refractivity (Wildman–Crippen MR) is 88.0 cm³/mol. The number of aromatic hydroxyl groups is 1. The number of benzene rings is 2. The molecule has 0 saturated carbocycles. The second kappa shape index (κ2) is 4.13. The van der Waals surface area contributed by atoms with Crippen molar-refractivity contribution >= 4 is 0 Å². The summed E-state index contributed by atoms with van der Waals surface area (Å²) in [6.45, 7) is 0. The van der Waals surface area contributed by atoms with Gasteiger partial charge in [0, 0.05) is 5.56 Å². The van der Waals surface area contributed by atoms with Gasteiger partial charge in [-0.1, -0.05) is 12.1 Å². The fraction of sp³-hybridized carbons (Fsp3) is 0.300. The van der Waals surface area contributed by atoms with Gasteiger partial charge in [0.15, 0.2) is 6.10 Å². The van der Waals surface area contributed by atoms with Crippen LogP contribution in [0.15, 0.2) is 42.5 Å². The van der Waals surface area contributed by atoms with Gasteiger partial charge in [0.25, 0.3) is 11.6 Å². The molecule has 2 aromatic rings. The van der Waals surface area contributed by atoms with Crippen molar-refractivity contribution in [1.82, 2.24) is 0 Å². The quantitative estimate of drug-likeness (QED) is 0.481. The number of hydrogen-bond acceptors (Lipinski definition) is 7. The molecule has 136 valence electrons. The summed E-state index contributed by atoms with van der Waals surface area (Å²) in [5.41, 5.74) is 2.03. The first kappa shape index (κ1) is 14.5. The summed E-state index contributed by atoms with van der Waals surface area (Å²) in [5, 5.41) is 31.4. The van der Waals surface area contributed by atoms with Crippen LogP contribution in [0.25, 0.3) is 0 Å². The predicted octanol–water partition coefficient (Wildman–Crippen LogP) is 1.62.